The van der Waals surface area contributed by atoms with Gasteiger partial charge >= 0.3 is 0 Å². The summed E-state index contributed by atoms with van der Waals surface area (Å²) in [6, 6.07) is 0.0318. The fourth-order valence-corrected chi connectivity index (χ4v) is 2.68. The molecule has 0 fully saturated rings. The molecule has 0 spiro atoms. The van der Waals surface area contributed by atoms with Gasteiger partial charge in [0.15, 0.2) is 0 Å². The molecule has 1 aliphatic carbocycles. The van der Waals surface area contributed by atoms with Crippen molar-refractivity contribution in [3.05, 3.63) is 16.6 Å². The van der Waals surface area contributed by atoms with E-state index in [9.17, 15) is 4.91 Å². The Hall–Kier alpha value is -0.660. The smallest absolute Gasteiger partial charge is 0.0948 e. The molecule has 2 atom stereocenters. The van der Waals surface area contributed by atoms with Crippen molar-refractivity contribution in [1.82, 2.24) is 0 Å². The highest BCUT2D eigenvalue weighted by Gasteiger charge is 2.19. The van der Waals surface area contributed by atoms with E-state index in [1.54, 1.807) is 5.57 Å². The maximum atomic E-state index is 10.9. The van der Waals surface area contributed by atoms with Crippen LogP contribution in [0.2, 0.25) is 0 Å². The molecule has 0 radical (unpaired) electrons. The molecular weight excluding hydrogens is 210 g/mol. The van der Waals surface area contributed by atoms with Crippen LogP contribution >= 0.6 is 0 Å². The van der Waals surface area contributed by atoms with Crippen molar-refractivity contribution >= 4 is 0 Å². The Labute approximate surface area is 106 Å². The summed E-state index contributed by atoms with van der Waals surface area (Å²) in [7, 11) is 0. The second-order valence-electron chi connectivity index (χ2n) is 5.46. The van der Waals surface area contributed by atoms with Crippen LogP contribution in [0.3, 0.4) is 0 Å². The zero-order chi connectivity index (χ0) is 12.5. The van der Waals surface area contributed by atoms with Gasteiger partial charge in [0.25, 0.3) is 0 Å². The van der Waals surface area contributed by atoms with E-state index in [0.29, 0.717) is 5.92 Å². The van der Waals surface area contributed by atoms with Gasteiger partial charge in [-0.15, -0.1) is 0 Å². The molecule has 17 heavy (non-hydrogen) atoms. The Morgan fingerprint density at radius 3 is 2.76 bits per heavy atom. The highest BCUT2D eigenvalue weighted by molar-refractivity contribution is 5.06. The molecule has 0 heterocycles. The summed E-state index contributed by atoms with van der Waals surface area (Å²) < 4.78 is 0. The van der Waals surface area contributed by atoms with Gasteiger partial charge in [0.1, 0.15) is 0 Å². The molecule has 0 saturated carbocycles. The third-order valence-corrected chi connectivity index (χ3v) is 3.86. The monoisotopic (exact) mass is 237 g/mol. The Kier molecular flexibility index (Phi) is 7.14. The molecule has 2 heteroatoms. The van der Waals surface area contributed by atoms with Crippen LogP contribution < -0.4 is 0 Å². The summed E-state index contributed by atoms with van der Waals surface area (Å²) in [6.45, 7) is 4.38. The van der Waals surface area contributed by atoms with Crippen LogP contribution in [0.15, 0.2) is 16.8 Å². The topological polar surface area (TPSA) is 29.4 Å². The average Bonchev–Trinajstić information content (AvgIpc) is 2.36. The first-order valence-electron chi connectivity index (χ1n) is 7.28. The SMILES string of the molecule is CCCCC[C@@H](N=O)C(C)CC1=CCCCC1. The van der Waals surface area contributed by atoms with E-state index in [-0.39, 0.29) is 6.04 Å². The first-order chi connectivity index (χ1) is 8.27. The van der Waals surface area contributed by atoms with Crippen LogP contribution in [-0.2, 0) is 0 Å². The minimum absolute atomic E-state index is 0.0318. The van der Waals surface area contributed by atoms with Gasteiger partial charge in [0.2, 0.25) is 0 Å². The number of hydrogen-bond donors (Lipinski definition) is 0. The molecule has 0 N–H and O–H groups in total. The highest BCUT2D eigenvalue weighted by Crippen LogP contribution is 2.27. The Bertz CT molecular complexity index is 247. The molecule has 2 nitrogen and oxygen atoms in total. The van der Waals surface area contributed by atoms with E-state index in [1.807, 2.05) is 0 Å². The molecule has 1 rings (SSSR count). The van der Waals surface area contributed by atoms with Crippen molar-refractivity contribution < 1.29 is 0 Å². The van der Waals surface area contributed by atoms with Crippen LogP contribution in [0.1, 0.15) is 71.6 Å². The second kappa shape index (κ2) is 8.43. The lowest BCUT2D eigenvalue weighted by Gasteiger charge is -2.21. The van der Waals surface area contributed by atoms with Crippen molar-refractivity contribution in [2.45, 2.75) is 77.7 Å². The van der Waals surface area contributed by atoms with Gasteiger partial charge < -0.3 is 0 Å². The van der Waals surface area contributed by atoms with Crippen LogP contribution in [-0.4, -0.2) is 6.04 Å². The summed E-state index contributed by atoms with van der Waals surface area (Å²) in [4.78, 5) is 10.9. The zero-order valence-corrected chi connectivity index (χ0v) is 11.5. The predicted molar refractivity (Wildman–Crippen MR) is 74.1 cm³/mol. The molecule has 0 bridgehead atoms. The predicted octanol–water partition coefficient (Wildman–Crippen LogP) is 5.23. The maximum absolute atomic E-state index is 10.9. The molecule has 1 unspecified atom stereocenters. The standard InChI is InChI=1S/C15H27NO/c1-3-4-6-11-15(16-17)13(2)12-14-9-7-5-8-10-14/h9,13,15H,3-8,10-12H2,1-2H3/t13?,15-/m1/s1. The number of nitroso groups, excluding NO2 is 1. The van der Waals surface area contributed by atoms with Gasteiger partial charge in [0, 0.05) is 0 Å². The quantitative estimate of drug-likeness (QED) is 0.323. The van der Waals surface area contributed by atoms with Crippen LogP contribution in [0.5, 0.6) is 0 Å². The summed E-state index contributed by atoms with van der Waals surface area (Å²) in [5.74, 6) is 0.425. The third kappa shape index (κ3) is 5.47. The summed E-state index contributed by atoms with van der Waals surface area (Å²) in [5, 5.41) is 3.35. The highest BCUT2D eigenvalue weighted by atomic mass is 16.3. The van der Waals surface area contributed by atoms with E-state index in [1.165, 1.54) is 38.5 Å². The molecule has 0 saturated heterocycles. The molecule has 1 aliphatic rings. The normalized spacial score (nSPS) is 19.5. The van der Waals surface area contributed by atoms with E-state index in [0.717, 1.165) is 19.3 Å². The Morgan fingerprint density at radius 2 is 2.18 bits per heavy atom. The van der Waals surface area contributed by atoms with Crippen LogP contribution in [0, 0.1) is 10.8 Å². The van der Waals surface area contributed by atoms with Crippen molar-refractivity contribution in [2.24, 2.45) is 11.1 Å². The number of unbranched alkanes of at least 4 members (excludes halogenated alkanes) is 2. The van der Waals surface area contributed by atoms with E-state index in [4.69, 9.17) is 0 Å². The maximum Gasteiger partial charge on any atom is 0.0948 e. The number of allylic oxidation sites excluding steroid dienone is 2. The van der Waals surface area contributed by atoms with Gasteiger partial charge in [-0.25, -0.2) is 0 Å². The van der Waals surface area contributed by atoms with Crippen molar-refractivity contribution in [3.8, 4) is 0 Å². The Balaban J connectivity index is 2.34. The fourth-order valence-electron chi connectivity index (χ4n) is 2.68. The number of rotatable bonds is 8. The molecule has 0 aromatic heterocycles. The number of hydrogen-bond acceptors (Lipinski definition) is 2. The van der Waals surface area contributed by atoms with Gasteiger partial charge in [-0.05, 0) is 44.4 Å². The van der Waals surface area contributed by atoms with Gasteiger partial charge in [-0.2, -0.15) is 4.91 Å². The van der Waals surface area contributed by atoms with E-state index >= 15 is 0 Å². The summed E-state index contributed by atoms with van der Waals surface area (Å²) >= 11 is 0. The molecule has 0 aliphatic heterocycles. The summed E-state index contributed by atoms with van der Waals surface area (Å²) in [6.07, 6.45) is 13.2. The molecular formula is C15H27NO. The van der Waals surface area contributed by atoms with Crippen LogP contribution in [0.25, 0.3) is 0 Å². The molecule has 0 aromatic rings. The summed E-state index contributed by atoms with van der Waals surface area (Å²) in [5.41, 5.74) is 1.56. The molecule has 98 valence electrons. The minimum Gasteiger partial charge on any atom is -0.151 e. The largest absolute Gasteiger partial charge is 0.151 e. The molecule has 0 aromatic carbocycles. The Morgan fingerprint density at radius 1 is 1.35 bits per heavy atom. The number of nitrogens with zero attached hydrogens (tertiary/aromatic N) is 1. The second-order valence-corrected chi connectivity index (χ2v) is 5.46. The van der Waals surface area contributed by atoms with Crippen molar-refractivity contribution in [3.63, 3.8) is 0 Å². The third-order valence-electron chi connectivity index (χ3n) is 3.86. The first kappa shape index (κ1) is 14.4. The minimum atomic E-state index is 0.0318. The average molecular weight is 237 g/mol. The van der Waals surface area contributed by atoms with Crippen molar-refractivity contribution in [2.75, 3.05) is 0 Å². The lowest BCUT2D eigenvalue weighted by molar-refractivity contribution is 0.406. The first-order valence-corrected chi connectivity index (χ1v) is 7.28. The van der Waals surface area contributed by atoms with Crippen LogP contribution in [0.4, 0.5) is 0 Å². The lowest BCUT2D eigenvalue weighted by atomic mass is 9.87. The van der Waals surface area contributed by atoms with Gasteiger partial charge in [-0.3, -0.25) is 0 Å². The van der Waals surface area contributed by atoms with Gasteiger partial charge in [-0.1, -0.05) is 49.9 Å². The molecule has 0 amide bonds. The fraction of sp³-hybridized carbons (Fsp3) is 0.867. The van der Waals surface area contributed by atoms with E-state index in [2.05, 4.69) is 25.1 Å². The lowest BCUT2D eigenvalue weighted by Crippen LogP contribution is -2.16. The van der Waals surface area contributed by atoms with Gasteiger partial charge in [0.05, 0.1) is 6.04 Å². The van der Waals surface area contributed by atoms with E-state index < -0.39 is 0 Å². The zero-order valence-electron chi connectivity index (χ0n) is 11.5. The van der Waals surface area contributed by atoms with Crippen molar-refractivity contribution in [1.29, 1.82) is 0 Å².